The summed E-state index contributed by atoms with van der Waals surface area (Å²) in [7, 11) is 1.83. The van der Waals surface area contributed by atoms with Crippen molar-refractivity contribution in [2.24, 2.45) is 0 Å². The largest absolute Gasteiger partial charge is 0.308 e. The van der Waals surface area contributed by atoms with E-state index in [1.807, 2.05) is 20.9 Å². The Kier molecular flexibility index (Phi) is 3.34. The molecule has 0 bridgehead atoms. The molecule has 1 aliphatic carbocycles. The number of nitrogens with one attached hydrogen (secondary N) is 1. The number of rotatable bonds is 4. The maximum atomic E-state index is 12.1. The van der Waals surface area contributed by atoms with Crippen molar-refractivity contribution in [2.45, 2.75) is 45.1 Å². The summed E-state index contributed by atoms with van der Waals surface area (Å²) in [4.78, 5) is 12.1. The molecular formula is C15H21NO. The van der Waals surface area contributed by atoms with E-state index in [1.54, 1.807) is 0 Å². The summed E-state index contributed by atoms with van der Waals surface area (Å²) < 4.78 is 0. The van der Waals surface area contributed by atoms with Gasteiger partial charge in [0, 0.05) is 6.42 Å². The van der Waals surface area contributed by atoms with Crippen LogP contribution in [-0.4, -0.2) is 18.4 Å². The lowest BCUT2D eigenvalue weighted by molar-refractivity contribution is -0.123. The van der Waals surface area contributed by atoms with Crippen LogP contribution in [0.1, 0.15) is 37.0 Å². The van der Waals surface area contributed by atoms with E-state index < -0.39 is 5.54 Å². The second-order valence-corrected chi connectivity index (χ2v) is 5.43. The molecule has 0 aromatic heterocycles. The lowest BCUT2D eigenvalue weighted by Crippen LogP contribution is -2.45. The van der Waals surface area contributed by atoms with Gasteiger partial charge in [0.25, 0.3) is 0 Å². The SMILES string of the molecule is CNC(C)(C)C(=O)Cc1ccc2c(c1)CCC2. The Morgan fingerprint density at radius 1 is 1.29 bits per heavy atom. The second kappa shape index (κ2) is 4.61. The van der Waals surface area contributed by atoms with E-state index in [4.69, 9.17) is 0 Å². The molecule has 1 aromatic carbocycles. The number of ketones is 1. The second-order valence-electron chi connectivity index (χ2n) is 5.43. The molecular weight excluding hydrogens is 210 g/mol. The molecule has 0 atom stereocenters. The number of benzene rings is 1. The molecule has 0 heterocycles. The third kappa shape index (κ3) is 2.58. The van der Waals surface area contributed by atoms with Gasteiger partial charge in [-0.25, -0.2) is 0 Å². The van der Waals surface area contributed by atoms with Crippen LogP contribution in [0.15, 0.2) is 18.2 Å². The first-order chi connectivity index (χ1) is 8.03. The van der Waals surface area contributed by atoms with Crippen molar-refractivity contribution >= 4 is 5.78 Å². The molecule has 0 spiro atoms. The predicted octanol–water partition coefficient (Wildman–Crippen LogP) is 2.28. The molecule has 0 fully saturated rings. The molecule has 0 radical (unpaired) electrons. The fraction of sp³-hybridized carbons (Fsp3) is 0.533. The van der Waals surface area contributed by atoms with E-state index >= 15 is 0 Å². The summed E-state index contributed by atoms with van der Waals surface area (Å²) in [6.45, 7) is 3.87. The van der Waals surface area contributed by atoms with Gasteiger partial charge in [0.2, 0.25) is 0 Å². The molecule has 1 aliphatic rings. The van der Waals surface area contributed by atoms with Gasteiger partial charge < -0.3 is 5.32 Å². The summed E-state index contributed by atoms with van der Waals surface area (Å²) in [6.07, 6.45) is 4.16. The van der Waals surface area contributed by atoms with E-state index in [1.165, 1.54) is 30.4 Å². The van der Waals surface area contributed by atoms with Crippen LogP contribution in [0.2, 0.25) is 0 Å². The molecule has 0 saturated carbocycles. The number of likely N-dealkylation sites (N-methyl/N-ethyl adjacent to an activating group) is 1. The van der Waals surface area contributed by atoms with Crippen molar-refractivity contribution in [2.75, 3.05) is 7.05 Å². The third-order valence-corrected chi connectivity index (χ3v) is 3.85. The molecule has 0 amide bonds. The predicted molar refractivity (Wildman–Crippen MR) is 70.3 cm³/mol. The number of Topliss-reactive ketones (excluding diaryl/α,β-unsaturated/α-hetero) is 1. The first-order valence-corrected chi connectivity index (χ1v) is 6.36. The Labute approximate surface area is 103 Å². The number of carbonyl (C=O) groups excluding carboxylic acids is 1. The number of carbonyl (C=O) groups is 1. The molecule has 0 aliphatic heterocycles. The number of hydrogen-bond acceptors (Lipinski definition) is 2. The van der Waals surface area contributed by atoms with E-state index in [0.29, 0.717) is 6.42 Å². The number of fused-ring (bicyclic) bond motifs is 1. The van der Waals surface area contributed by atoms with Crippen molar-refractivity contribution in [3.05, 3.63) is 34.9 Å². The van der Waals surface area contributed by atoms with Gasteiger partial charge >= 0.3 is 0 Å². The summed E-state index contributed by atoms with van der Waals surface area (Å²) >= 11 is 0. The summed E-state index contributed by atoms with van der Waals surface area (Å²) in [6, 6.07) is 6.51. The number of hydrogen-bond donors (Lipinski definition) is 1. The van der Waals surface area contributed by atoms with Crippen LogP contribution in [0.5, 0.6) is 0 Å². The smallest absolute Gasteiger partial charge is 0.156 e. The highest BCUT2D eigenvalue weighted by Gasteiger charge is 2.25. The minimum Gasteiger partial charge on any atom is -0.308 e. The van der Waals surface area contributed by atoms with Crippen LogP contribution in [0.3, 0.4) is 0 Å². The van der Waals surface area contributed by atoms with E-state index in [0.717, 1.165) is 5.56 Å². The molecule has 0 saturated heterocycles. The highest BCUT2D eigenvalue weighted by molar-refractivity contribution is 5.89. The lowest BCUT2D eigenvalue weighted by atomic mass is 9.93. The fourth-order valence-corrected chi connectivity index (χ4v) is 2.28. The monoisotopic (exact) mass is 231 g/mol. The first-order valence-electron chi connectivity index (χ1n) is 6.36. The van der Waals surface area contributed by atoms with Gasteiger partial charge in [-0.05, 0) is 56.8 Å². The van der Waals surface area contributed by atoms with Crippen molar-refractivity contribution in [1.29, 1.82) is 0 Å². The van der Waals surface area contributed by atoms with Gasteiger partial charge in [-0.15, -0.1) is 0 Å². The van der Waals surface area contributed by atoms with Gasteiger partial charge in [0.15, 0.2) is 5.78 Å². The lowest BCUT2D eigenvalue weighted by Gasteiger charge is -2.22. The highest BCUT2D eigenvalue weighted by Crippen LogP contribution is 2.23. The van der Waals surface area contributed by atoms with Crippen molar-refractivity contribution < 1.29 is 4.79 Å². The zero-order valence-corrected chi connectivity index (χ0v) is 11.0. The Bertz CT molecular complexity index is 435. The van der Waals surface area contributed by atoms with Crippen LogP contribution in [-0.2, 0) is 24.1 Å². The van der Waals surface area contributed by atoms with E-state index in [2.05, 4.69) is 23.5 Å². The fourth-order valence-electron chi connectivity index (χ4n) is 2.28. The van der Waals surface area contributed by atoms with Crippen molar-refractivity contribution in [1.82, 2.24) is 5.32 Å². The normalized spacial score (nSPS) is 14.8. The third-order valence-electron chi connectivity index (χ3n) is 3.85. The maximum Gasteiger partial charge on any atom is 0.156 e. The Morgan fingerprint density at radius 3 is 2.71 bits per heavy atom. The van der Waals surface area contributed by atoms with Crippen LogP contribution >= 0.6 is 0 Å². The maximum absolute atomic E-state index is 12.1. The van der Waals surface area contributed by atoms with Gasteiger partial charge in [-0.2, -0.15) is 0 Å². The minimum atomic E-state index is -0.432. The van der Waals surface area contributed by atoms with Crippen LogP contribution in [0, 0.1) is 0 Å². The average molecular weight is 231 g/mol. The summed E-state index contributed by atoms with van der Waals surface area (Å²) in [5, 5.41) is 3.06. The topological polar surface area (TPSA) is 29.1 Å². The van der Waals surface area contributed by atoms with Gasteiger partial charge in [0.05, 0.1) is 5.54 Å². The Hall–Kier alpha value is -1.15. The molecule has 2 rings (SSSR count). The Balaban J connectivity index is 2.12. The standard InChI is InChI=1S/C15H21NO/c1-15(2,16-3)14(17)10-11-7-8-12-5-4-6-13(12)9-11/h7-9,16H,4-6,10H2,1-3H3. The molecule has 1 aromatic rings. The van der Waals surface area contributed by atoms with Gasteiger partial charge in [0.1, 0.15) is 0 Å². The number of aryl methyl sites for hydroxylation is 2. The van der Waals surface area contributed by atoms with Crippen LogP contribution in [0.4, 0.5) is 0 Å². The minimum absolute atomic E-state index is 0.248. The van der Waals surface area contributed by atoms with Gasteiger partial charge in [-0.1, -0.05) is 18.2 Å². The van der Waals surface area contributed by atoms with Crippen LogP contribution < -0.4 is 5.32 Å². The molecule has 92 valence electrons. The molecule has 2 heteroatoms. The summed E-state index contributed by atoms with van der Waals surface area (Å²) in [5.74, 6) is 0.248. The van der Waals surface area contributed by atoms with E-state index in [9.17, 15) is 4.79 Å². The van der Waals surface area contributed by atoms with E-state index in [-0.39, 0.29) is 5.78 Å². The van der Waals surface area contributed by atoms with Crippen molar-refractivity contribution in [3.63, 3.8) is 0 Å². The van der Waals surface area contributed by atoms with Crippen LogP contribution in [0.25, 0.3) is 0 Å². The van der Waals surface area contributed by atoms with Crippen molar-refractivity contribution in [3.8, 4) is 0 Å². The molecule has 2 nitrogen and oxygen atoms in total. The zero-order valence-electron chi connectivity index (χ0n) is 11.0. The first kappa shape index (κ1) is 12.3. The molecule has 17 heavy (non-hydrogen) atoms. The Morgan fingerprint density at radius 2 is 2.00 bits per heavy atom. The zero-order chi connectivity index (χ0) is 12.5. The summed E-state index contributed by atoms with van der Waals surface area (Å²) in [5.41, 5.74) is 3.63. The van der Waals surface area contributed by atoms with Gasteiger partial charge in [-0.3, -0.25) is 4.79 Å². The molecule has 1 N–H and O–H groups in total. The average Bonchev–Trinajstić information content (AvgIpc) is 2.76. The highest BCUT2D eigenvalue weighted by atomic mass is 16.1. The molecule has 0 unspecified atom stereocenters. The quantitative estimate of drug-likeness (QED) is 0.861.